The minimum absolute atomic E-state index is 0. The molecule has 0 bridgehead atoms. The van der Waals surface area contributed by atoms with Gasteiger partial charge in [-0.1, -0.05) is 36.6 Å². The van der Waals surface area contributed by atoms with E-state index in [0.717, 1.165) is 24.5 Å². The lowest BCUT2D eigenvalue weighted by atomic mass is 10.1. The Hall–Kier alpha value is -0.970. The predicted molar refractivity (Wildman–Crippen MR) is 97.8 cm³/mol. The number of benzene rings is 1. The van der Waals surface area contributed by atoms with Gasteiger partial charge in [-0.3, -0.25) is 16.0 Å². The molecule has 1 aliphatic heterocycles. The summed E-state index contributed by atoms with van der Waals surface area (Å²) in [5.74, 6) is 0.400. The summed E-state index contributed by atoms with van der Waals surface area (Å²) < 4.78 is 2.05. The number of halogens is 2. The maximum atomic E-state index is 5.92. The van der Waals surface area contributed by atoms with E-state index in [1.807, 2.05) is 28.8 Å². The quantitative estimate of drug-likeness (QED) is 0.273. The van der Waals surface area contributed by atoms with Crippen molar-refractivity contribution in [1.82, 2.24) is 4.90 Å². The Morgan fingerprint density at radius 2 is 1.62 bits per heavy atom. The van der Waals surface area contributed by atoms with Gasteiger partial charge in [-0.05, 0) is 63.0 Å². The number of unbranched alkanes of at least 4 members (excludes halogenated alkanes) is 3. The Bertz CT molecular complexity index is 492. The fourth-order valence-corrected chi connectivity index (χ4v) is 3.23. The van der Waals surface area contributed by atoms with Gasteiger partial charge in [0.1, 0.15) is 0 Å². The van der Waals surface area contributed by atoms with Crippen molar-refractivity contribution in [2.24, 2.45) is 11.5 Å². The van der Waals surface area contributed by atoms with E-state index in [2.05, 4.69) is 4.90 Å². The molecule has 0 amide bonds. The summed E-state index contributed by atoms with van der Waals surface area (Å²) in [6, 6.07) is 7.85. The predicted octanol–water partition coefficient (Wildman–Crippen LogP) is -0.214. The zero-order valence-electron chi connectivity index (χ0n) is 14.4. The number of guanidine groups is 1. The molecule has 2 rings (SSSR count). The first kappa shape index (κ1) is 21.1. The summed E-state index contributed by atoms with van der Waals surface area (Å²) in [5, 5.41) is 0.753. The van der Waals surface area contributed by atoms with Gasteiger partial charge in [0.05, 0.1) is 13.1 Å². The van der Waals surface area contributed by atoms with Gasteiger partial charge in [0, 0.05) is 5.02 Å². The summed E-state index contributed by atoms with van der Waals surface area (Å²) in [4.78, 5) is 2.58. The van der Waals surface area contributed by atoms with Crippen LogP contribution in [-0.4, -0.2) is 41.6 Å². The number of rotatable bonds is 9. The third-order valence-corrected chi connectivity index (χ3v) is 4.75. The van der Waals surface area contributed by atoms with Crippen LogP contribution in [0.5, 0.6) is 0 Å². The van der Waals surface area contributed by atoms with Gasteiger partial charge in [-0.15, -0.1) is 0 Å². The molecule has 1 aliphatic rings. The largest absolute Gasteiger partial charge is 1.00 e. The fourth-order valence-electron chi connectivity index (χ4n) is 3.11. The van der Waals surface area contributed by atoms with E-state index in [9.17, 15) is 0 Å². The Morgan fingerprint density at radius 1 is 1.00 bits per heavy atom. The first-order valence-electron chi connectivity index (χ1n) is 8.75. The third-order valence-electron chi connectivity index (χ3n) is 4.50. The Morgan fingerprint density at radius 3 is 2.25 bits per heavy atom. The average molecular weight is 373 g/mol. The molecule has 1 aromatic carbocycles. The Balaban J connectivity index is 0.00000288. The summed E-state index contributed by atoms with van der Waals surface area (Å²) >= 11 is 5.92. The van der Waals surface area contributed by atoms with Crippen molar-refractivity contribution in [3.63, 3.8) is 0 Å². The number of nitrogens with zero attached hydrogens (tertiary/aromatic N) is 2. The smallest absolute Gasteiger partial charge is 0.341 e. The topological polar surface area (TPSA) is 58.3 Å². The molecule has 136 valence electrons. The molecule has 0 saturated carbocycles. The highest BCUT2D eigenvalue weighted by Crippen LogP contribution is 2.11. The van der Waals surface area contributed by atoms with Crippen molar-refractivity contribution in [2.45, 2.75) is 45.1 Å². The summed E-state index contributed by atoms with van der Waals surface area (Å²) in [7, 11) is 0. The molecule has 1 aromatic rings. The molecule has 0 spiro atoms. The molecule has 24 heavy (non-hydrogen) atoms. The van der Waals surface area contributed by atoms with Crippen molar-refractivity contribution in [3.05, 3.63) is 34.9 Å². The SMILES string of the molecule is NC(N)=[N+](CCCCCCN1CCCC1)Cc1ccc(Cl)cc1.[Cl-]. The average Bonchev–Trinajstić information content (AvgIpc) is 3.04. The van der Waals surface area contributed by atoms with Crippen LogP contribution in [0.25, 0.3) is 0 Å². The first-order chi connectivity index (χ1) is 11.1. The lowest BCUT2D eigenvalue weighted by Gasteiger charge is -2.14. The molecule has 1 saturated heterocycles. The molecule has 1 heterocycles. The van der Waals surface area contributed by atoms with Gasteiger partial charge in [0.15, 0.2) is 0 Å². The van der Waals surface area contributed by atoms with Crippen LogP contribution in [0.1, 0.15) is 44.1 Å². The molecule has 0 aromatic heterocycles. The van der Waals surface area contributed by atoms with Crippen LogP contribution in [0.3, 0.4) is 0 Å². The van der Waals surface area contributed by atoms with Gasteiger partial charge in [0.2, 0.25) is 0 Å². The molecule has 1 fully saturated rings. The van der Waals surface area contributed by atoms with Crippen LogP contribution in [-0.2, 0) is 6.54 Å². The van der Waals surface area contributed by atoms with Crippen LogP contribution in [0.2, 0.25) is 5.02 Å². The standard InChI is InChI=1S/C18H29ClN4.ClH/c19-17-9-7-16(8-10-17)15-23(18(20)21)14-4-2-1-3-11-22-12-5-6-13-22;/h7-10H,1-6,11-15H2,(H3,20,21);1H. The monoisotopic (exact) mass is 372 g/mol. The lowest BCUT2D eigenvalue weighted by molar-refractivity contribution is -0.546. The van der Waals surface area contributed by atoms with E-state index < -0.39 is 0 Å². The van der Waals surface area contributed by atoms with Crippen LogP contribution in [0.15, 0.2) is 24.3 Å². The van der Waals surface area contributed by atoms with Crippen LogP contribution in [0, 0.1) is 0 Å². The molecular weight excluding hydrogens is 343 g/mol. The summed E-state index contributed by atoms with van der Waals surface area (Å²) in [5.41, 5.74) is 12.8. The van der Waals surface area contributed by atoms with Crippen molar-refractivity contribution in [2.75, 3.05) is 26.2 Å². The second-order valence-electron chi connectivity index (χ2n) is 6.44. The molecule has 0 radical (unpaired) electrons. The van der Waals surface area contributed by atoms with Gasteiger partial charge < -0.3 is 17.3 Å². The van der Waals surface area contributed by atoms with Gasteiger partial charge >= 0.3 is 5.96 Å². The first-order valence-corrected chi connectivity index (χ1v) is 9.12. The second kappa shape index (κ2) is 11.6. The molecular formula is C18H30Cl2N4. The van der Waals surface area contributed by atoms with Crippen LogP contribution in [0.4, 0.5) is 0 Å². The minimum atomic E-state index is 0. The number of hydrogen-bond donors (Lipinski definition) is 2. The fraction of sp³-hybridized carbons (Fsp3) is 0.611. The van der Waals surface area contributed by atoms with E-state index >= 15 is 0 Å². The molecule has 0 unspecified atom stereocenters. The van der Waals surface area contributed by atoms with E-state index in [1.54, 1.807) is 0 Å². The summed E-state index contributed by atoms with van der Waals surface area (Å²) in [6.07, 6.45) is 7.72. The highest BCUT2D eigenvalue weighted by atomic mass is 35.5. The van der Waals surface area contributed by atoms with Gasteiger partial charge in [-0.25, -0.2) is 0 Å². The number of hydrogen-bond acceptors (Lipinski definition) is 1. The van der Waals surface area contributed by atoms with E-state index in [4.69, 9.17) is 23.1 Å². The third kappa shape index (κ3) is 7.73. The highest BCUT2D eigenvalue weighted by molar-refractivity contribution is 6.30. The zero-order chi connectivity index (χ0) is 16.5. The normalized spacial score (nSPS) is 14.4. The molecule has 0 atom stereocenters. The van der Waals surface area contributed by atoms with Crippen molar-refractivity contribution in [3.8, 4) is 0 Å². The van der Waals surface area contributed by atoms with E-state index in [0.29, 0.717) is 5.96 Å². The van der Waals surface area contributed by atoms with Gasteiger partial charge in [0.25, 0.3) is 0 Å². The van der Waals surface area contributed by atoms with Crippen molar-refractivity contribution >= 4 is 17.6 Å². The van der Waals surface area contributed by atoms with E-state index in [1.165, 1.54) is 57.3 Å². The van der Waals surface area contributed by atoms with Crippen LogP contribution < -0.4 is 23.9 Å². The summed E-state index contributed by atoms with van der Waals surface area (Å²) in [6.45, 7) is 5.52. The number of likely N-dealkylation sites (tertiary alicyclic amines) is 1. The van der Waals surface area contributed by atoms with Gasteiger partial charge in [-0.2, -0.15) is 0 Å². The second-order valence-corrected chi connectivity index (χ2v) is 6.87. The highest BCUT2D eigenvalue weighted by Gasteiger charge is 2.10. The van der Waals surface area contributed by atoms with Crippen LogP contribution >= 0.6 is 11.6 Å². The van der Waals surface area contributed by atoms with Crippen molar-refractivity contribution < 1.29 is 17.0 Å². The van der Waals surface area contributed by atoms with Crippen molar-refractivity contribution in [1.29, 1.82) is 0 Å². The Kier molecular flexibility index (Phi) is 10.2. The molecule has 4 N–H and O–H groups in total. The molecule has 0 aliphatic carbocycles. The molecule has 4 nitrogen and oxygen atoms in total. The number of nitrogens with two attached hydrogens (primary N) is 2. The molecule has 6 heteroatoms. The maximum absolute atomic E-state index is 5.92. The van der Waals surface area contributed by atoms with E-state index in [-0.39, 0.29) is 12.4 Å². The Labute approximate surface area is 157 Å². The zero-order valence-corrected chi connectivity index (χ0v) is 15.9. The maximum Gasteiger partial charge on any atom is 0.341 e. The lowest BCUT2D eigenvalue weighted by Crippen LogP contribution is -3.00. The minimum Gasteiger partial charge on any atom is -1.00 e.